The SMILES string of the molecule is O=CNCC1CCN(Cc2cc(CN3CCC(c4ccncc4)CC3)cc(-c3cc(Cl)cc(Cl)c3)c2)CC1. The Balaban J connectivity index is 1.30. The summed E-state index contributed by atoms with van der Waals surface area (Å²) in [5, 5.41) is 4.16. The fourth-order valence-corrected chi connectivity index (χ4v) is 6.50. The normalized spacial score (nSPS) is 17.9. The van der Waals surface area contributed by atoms with E-state index >= 15 is 0 Å². The number of hydrogen-bond acceptors (Lipinski definition) is 4. The third kappa shape index (κ3) is 7.35. The highest BCUT2D eigenvalue weighted by Gasteiger charge is 2.22. The Morgan fingerprint density at radius 3 is 1.92 bits per heavy atom. The number of carbonyl (C=O) groups is 1. The maximum atomic E-state index is 10.7. The number of halogens is 2. The molecule has 7 heteroatoms. The van der Waals surface area contributed by atoms with Gasteiger partial charge in [-0.3, -0.25) is 19.6 Å². The van der Waals surface area contributed by atoms with Gasteiger partial charge in [-0.2, -0.15) is 0 Å². The number of nitrogens with one attached hydrogen (secondary N) is 1. The second-order valence-electron chi connectivity index (χ2n) is 10.8. The van der Waals surface area contributed by atoms with E-state index in [1.807, 2.05) is 24.5 Å². The summed E-state index contributed by atoms with van der Waals surface area (Å²) < 4.78 is 0. The topological polar surface area (TPSA) is 48.5 Å². The molecule has 2 fully saturated rings. The molecular weight excluding hydrogens is 515 g/mol. The lowest BCUT2D eigenvalue weighted by atomic mass is 9.90. The number of hydrogen-bond donors (Lipinski definition) is 1. The van der Waals surface area contributed by atoms with Gasteiger partial charge >= 0.3 is 0 Å². The van der Waals surface area contributed by atoms with Crippen molar-refractivity contribution in [2.24, 2.45) is 5.92 Å². The molecule has 1 N–H and O–H groups in total. The average molecular weight is 552 g/mol. The first-order chi connectivity index (χ1) is 18.6. The van der Waals surface area contributed by atoms with Gasteiger partial charge in [-0.05, 0) is 134 Å². The van der Waals surface area contributed by atoms with Crippen LogP contribution in [0.1, 0.15) is 48.3 Å². The van der Waals surface area contributed by atoms with E-state index in [-0.39, 0.29) is 0 Å². The molecule has 0 saturated carbocycles. The van der Waals surface area contributed by atoms with Crippen LogP contribution in [0.4, 0.5) is 0 Å². The van der Waals surface area contributed by atoms with E-state index < -0.39 is 0 Å². The van der Waals surface area contributed by atoms with Gasteiger partial charge in [-0.15, -0.1) is 0 Å². The molecule has 0 atom stereocenters. The molecule has 0 aliphatic carbocycles. The third-order valence-electron chi connectivity index (χ3n) is 8.02. The Morgan fingerprint density at radius 2 is 1.34 bits per heavy atom. The molecule has 0 spiro atoms. The van der Waals surface area contributed by atoms with Gasteiger partial charge in [0.15, 0.2) is 0 Å². The second kappa shape index (κ2) is 13.1. The predicted octanol–water partition coefficient (Wildman–Crippen LogP) is 6.39. The molecule has 2 saturated heterocycles. The number of aromatic nitrogens is 1. The fraction of sp³-hybridized carbons (Fsp3) is 0.419. The zero-order valence-corrected chi connectivity index (χ0v) is 23.3. The van der Waals surface area contributed by atoms with E-state index in [1.54, 1.807) is 6.07 Å². The molecule has 0 unspecified atom stereocenters. The van der Waals surface area contributed by atoms with Crippen LogP contribution in [0.2, 0.25) is 10.0 Å². The molecule has 2 aliphatic rings. The monoisotopic (exact) mass is 550 g/mol. The van der Waals surface area contributed by atoms with Gasteiger partial charge in [0.2, 0.25) is 6.41 Å². The quantitative estimate of drug-likeness (QED) is 0.313. The van der Waals surface area contributed by atoms with Crippen LogP contribution in [0.25, 0.3) is 11.1 Å². The molecule has 1 aromatic heterocycles. The predicted molar refractivity (Wildman–Crippen MR) is 155 cm³/mol. The van der Waals surface area contributed by atoms with Crippen molar-refractivity contribution in [3.63, 3.8) is 0 Å². The molecule has 0 bridgehead atoms. The van der Waals surface area contributed by atoms with Crippen molar-refractivity contribution in [3.05, 3.63) is 87.7 Å². The Morgan fingerprint density at radius 1 is 0.789 bits per heavy atom. The maximum absolute atomic E-state index is 10.7. The van der Waals surface area contributed by atoms with Crippen LogP contribution < -0.4 is 5.32 Å². The number of carbonyl (C=O) groups excluding carboxylic acids is 1. The molecule has 38 heavy (non-hydrogen) atoms. The van der Waals surface area contributed by atoms with Crippen molar-refractivity contribution in [1.29, 1.82) is 0 Å². The Hall–Kier alpha value is -2.44. The van der Waals surface area contributed by atoms with Gasteiger partial charge in [-0.25, -0.2) is 0 Å². The van der Waals surface area contributed by atoms with E-state index in [1.165, 1.54) is 35.1 Å². The fourth-order valence-electron chi connectivity index (χ4n) is 5.97. The van der Waals surface area contributed by atoms with E-state index in [4.69, 9.17) is 23.2 Å². The van der Waals surface area contributed by atoms with Gasteiger partial charge in [0.05, 0.1) is 0 Å². The first-order valence-electron chi connectivity index (χ1n) is 13.7. The third-order valence-corrected chi connectivity index (χ3v) is 8.46. The van der Waals surface area contributed by atoms with Crippen molar-refractivity contribution in [2.45, 2.75) is 44.7 Å². The van der Waals surface area contributed by atoms with Crippen molar-refractivity contribution in [2.75, 3.05) is 32.7 Å². The number of benzene rings is 2. The average Bonchev–Trinajstić information content (AvgIpc) is 2.93. The van der Waals surface area contributed by atoms with Crippen molar-refractivity contribution in [3.8, 4) is 11.1 Å². The highest BCUT2D eigenvalue weighted by atomic mass is 35.5. The Bertz CT molecular complexity index is 1190. The van der Waals surface area contributed by atoms with Crippen LogP contribution in [-0.4, -0.2) is 53.9 Å². The molecule has 3 aromatic rings. The van der Waals surface area contributed by atoms with Crippen molar-refractivity contribution >= 4 is 29.6 Å². The van der Waals surface area contributed by atoms with Crippen molar-refractivity contribution in [1.82, 2.24) is 20.1 Å². The van der Waals surface area contributed by atoms with E-state index in [0.29, 0.717) is 21.9 Å². The van der Waals surface area contributed by atoms with E-state index in [9.17, 15) is 4.79 Å². The molecular formula is C31H36Cl2N4O. The summed E-state index contributed by atoms with van der Waals surface area (Å²) in [6, 6.07) is 17.1. The van der Waals surface area contributed by atoms with E-state index in [0.717, 1.165) is 70.6 Å². The number of piperidine rings is 2. The molecule has 3 heterocycles. The van der Waals surface area contributed by atoms with Crippen molar-refractivity contribution < 1.29 is 4.79 Å². The van der Waals surface area contributed by atoms with Crippen LogP contribution in [0.15, 0.2) is 60.9 Å². The standard InChI is InChI=1S/C31H36Cl2N4O/c32-30-16-29(17-31(33)18-30)28-14-24(20-36-9-3-23(4-10-36)19-35-22-38)13-25(15-28)21-37-11-5-27(6-12-37)26-1-7-34-8-2-26/h1-2,7-8,13-18,22-23,27H,3-6,9-12,19-21H2,(H,35,38). The Labute approximate surface area is 236 Å². The van der Waals surface area contributed by atoms with Crippen LogP contribution >= 0.6 is 23.2 Å². The molecule has 0 radical (unpaired) electrons. The minimum atomic E-state index is 0.571. The lowest BCUT2D eigenvalue weighted by Crippen LogP contribution is -2.36. The second-order valence-corrected chi connectivity index (χ2v) is 11.6. The van der Waals surface area contributed by atoms with Gasteiger partial charge in [-0.1, -0.05) is 29.3 Å². The van der Waals surface area contributed by atoms with Crippen LogP contribution in [0.3, 0.4) is 0 Å². The largest absolute Gasteiger partial charge is 0.358 e. The maximum Gasteiger partial charge on any atom is 0.207 e. The lowest BCUT2D eigenvalue weighted by molar-refractivity contribution is -0.109. The highest BCUT2D eigenvalue weighted by molar-refractivity contribution is 6.35. The molecule has 5 rings (SSSR count). The number of nitrogens with zero attached hydrogens (tertiary/aromatic N) is 3. The summed E-state index contributed by atoms with van der Waals surface area (Å²) in [4.78, 5) is 19.9. The zero-order chi connectivity index (χ0) is 26.3. The Kier molecular flexibility index (Phi) is 9.34. The minimum Gasteiger partial charge on any atom is -0.358 e. The van der Waals surface area contributed by atoms with Crippen LogP contribution in [0.5, 0.6) is 0 Å². The van der Waals surface area contributed by atoms with Gasteiger partial charge in [0, 0.05) is 42.1 Å². The summed E-state index contributed by atoms with van der Waals surface area (Å²) >= 11 is 12.7. The van der Waals surface area contributed by atoms with Gasteiger partial charge in [0.1, 0.15) is 0 Å². The number of likely N-dealkylation sites (tertiary alicyclic amines) is 2. The number of pyridine rings is 1. The number of rotatable bonds is 9. The van der Waals surface area contributed by atoms with Crippen LogP contribution in [-0.2, 0) is 17.9 Å². The van der Waals surface area contributed by atoms with Crippen LogP contribution in [0, 0.1) is 5.92 Å². The summed E-state index contributed by atoms with van der Waals surface area (Å²) in [5.41, 5.74) is 6.29. The lowest BCUT2D eigenvalue weighted by Gasteiger charge is -2.33. The summed E-state index contributed by atoms with van der Waals surface area (Å²) in [5.74, 6) is 1.19. The molecule has 2 aliphatic heterocycles. The smallest absolute Gasteiger partial charge is 0.207 e. The molecule has 1 amide bonds. The highest BCUT2D eigenvalue weighted by Crippen LogP contribution is 2.32. The number of amides is 1. The summed E-state index contributed by atoms with van der Waals surface area (Å²) in [7, 11) is 0. The zero-order valence-electron chi connectivity index (χ0n) is 21.8. The molecule has 200 valence electrons. The minimum absolute atomic E-state index is 0.571. The van der Waals surface area contributed by atoms with E-state index in [2.05, 4.69) is 50.4 Å². The summed E-state index contributed by atoms with van der Waals surface area (Å²) in [6.45, 7) is 6.94. The van der Waals surface area contributed by atoms with Gasteiger partial charge in [0.25, 0.3) is 0 Å². The first kappa shape index (κ1) is 27.1. The van der Waals surface area contributed by atoms with Gasteiger partial charge < -0.3 is 5.32 Å². The first-order valence-corrected chi connectivity index (χ1v) is 14.4. The molecule has 2 aromatic carbocycles. The summed E-state index contributed by atoms with van der Waals surface area (Å²) in [6.07, 6.45) is 9.20. The molecule has 5 nitrogen and oxygen atoms in total.